The Balaban J connectivity index is 1.33. The fourth-order valence-corrected chi connectivity index (χ4v) is 4.05. The second-order valence-corrected chi connectivity index (χ2v) is 8.23. The summed E-state index contributed by atoms with van der Waals surface area (Å²) < 4.78 is 7.89. The number of nitro benzene ring substituents is 1. The van der Waals surface area contributed by atoms with Gasteiger partial charge in [0.05, 0.1) is 17.2 Å². The van der Waals surface area contributed by atoms with Crippen molar-refractivity contribution in [2.45, 2.75) is 36.2 Å². The van der Waals surface area contributed by atoms with Crippen LogP contribution in [-0.4, -0.2) is 29.9 Å². The third-order valence-corrected chi connectivity index (χ3v) is 5.92. The topological polar surface area (TPSA) is 113 Å². The fourth-order valence-electron chi connectivity index (χ4n) is 3.27. The Bertz CT molecular complexity index is 1220. The van der Waals surface area contributed by atoms with Crippen LogP contribution in [0.3, 0.4) is 0 Å². The van der Waals surface area contributed by atoms with E-state index in [0.29, 0.717) is 29.7 Å². The summed E-state index contributed by atoms with van der Waals surface area (Å²) in [5.74, 6) is 2.61. The molecule has 0 saturated heterocycles. The lowest BCUT2D eigenvalue weighted by molar-refractivity contribution is -0.384. The zero-order chi connectivity index (χ0) is 21.2. The Morgan fingerprint density at radius 3 is 2.68 bits per heavy atom. The molecular formula is C21H18N6O3S. The van der Waals surface area contributed by atoms with Crippen molar-refractivity contribution in [3.63, 3.8) is 0 Å². The van der Waals surface area contributed by atoms with Crippen molar-refractivity contribution >= 4 is 17.4 Å². The normalized spacial score (nSPS) is 13.4. The Labute approximate surface area is 181 Å². The van der Waals surface area contributed by atoms with Crippen LogP contribution in [0, 0.1) is 10.1 Å². The monoisotopic (exact) mass is 434 g/mol. The summed E-state index contributed by atoms with van der Waals surface area (Å²) in [6.45, 7) is 0.713. The van der Waals surface area contributed by atoms with Crippen molar-refractivity contribution in [2.24, 2.45) is 0 Å². The molecule has 0 aliphatic heterocycles. The Morgan fingerprint density at radius 2 is 1.90 bits per heavy atom. The first-order valence-corrected chi connectivity index (χ1v) is 10.8. The number of non-ortho nitro benzene ring substituents is 1. The predicted octanol–water partition coefficient (Wildman–Crippen LogP) is 4.45. The number of thioether (sulfide) groups is 1. The van der Waals surface area contributed by atoms with E-state index >= 15 is 0 Å². The number of nitrogens with zero attached hydrogens (tertiary/aromatic N) is 6. The highest BCUT2D eigenvalue weighted by molar-refractivity contribution is 7.98. The van der Waals surface area contributed by atoms with E-state index in [1.54, 1.807) is 12.1 Å². The lowest BCUT2D eigenvalue weighted by Crippen LogP contribution is -2.06. The van der Waals surface area contributed by atoms with Crippen molar-refractivity contribution in [3.8, 4) is 11.5 Å². The molecule has 5 rings (SSSR count). The molecule has 1 aliphatic carbocycles. The van der Waals surface area contributed by atoms with Crippen molar-refractivity contribution in [3.05, 3.63) is 82.0 Å². The molecular weight excluding hydrogens is 416 g/mol. The number of hydrogen-bond acceptors (Lipinski definition) is 8. The molecule has 4 aromatic rings. The van der Waals surface area contributed by atoms with Gasteiger partial charge in [-0.1, -0.05) is 48.2 Å². The first-order chi connectivity index (χ1) is 15.2. The zero-order valence-corrected chi connectivity index (χ0v) is 17.2. The van der Waals surface area contributed by atoms with Crippen LogP contribution < -0.4 is 0 Å². The third-order valence-electron chi connectivity index (χ3n) is 4.97. The van der Waals surface area contributed by atoms with Gasteiger partial charge in [-0.3, -0.25) is 10.1 Å². The van der Waals surface area contributed by atoms with E-state index in [9.17, 15) is 10.1 Å². The molecule has 1 saturated carbocycles. The van der Waals surface area contributed by atoms with E-state index in [1.807, 2.05) is 18.2 Å². The van der Waals surface area contributed by atoms with E-state index in [-0.39, 0.29) is 11.6 Å². The first-order valence-electron chi connectivity index (χ1n) is 9.84. The van der Waals surface area contributed by atoms with Crippen molar-refractivity contribution in [1.82, 2.24) is 25.0 Å². The summed E-state index contributed by atoms with van der Waals surface area (Å²) in [6.07, 6.45) is 2.29. The molecule has 2 heterocycles. The Kier molecular flexibility index (Phi) is 5.21. The number of aromatic nitrogens is 5. The summed E-state index contributed by atoms with van der Waals surface area (Å²) in [6, 6.07) is 16.4. The molecule has 0 amide bonds. The van der Waals surface area contributed by atoms with Gasteiger partial charge in [0.25, 0.3) is 5.69 Å². The standard InChI is InChI=1S/C21H18N6O3S/c28-27(29)17-8-4-7-16(11-17)20-24-22-18(30-20)13-31-21-25-23-19(15-9-10-15)26(21)12-14-5-2-1-3-6-14/h1-8,11,15H,9-10,12-13H2. The van der Waals surface area contributed by atoms with Crippen LogP contribution in [0.1, 0.15) is 36.0 Å². The van der Waals surface area contributed by atoms with E-state index in [2.05, 4.69) is 37.1 Å². The lowest BCUT2D eigenvalue weighted by atomic mass is 10.2. The summed E-state index contributed by atoms with van der Waals surface area (Å²) in [5, 5.41) is 28.7. The van der Waals surface area contributed by atoms with Gasteiger partial charge in [0.15, 0.2) is 5.16 Å². The van der Waals surface area contributed by atoms with Crippen molar-refractivity contribution in [1.29, 1.82) is 0 Å². The minimum Gasteiger partial charge on any atom is -0.420 e. The number of benzene rings is 2. The molecule has 2 aromatic carbocycles. The third kappa shape index (κ3) is 4.33. The van der Waals surface area contributed by atoms with Gasteiger partial charge in [-0.15, -0.1) is 20.4 Å². The molecule has 1 fully saturated rings. The average molecular weight is 434 g/mol. The minimum absolute atomic E-state index is 0.0201. The van der Waals surface area contributed by atoms with Crippen molar-refractivity contribution in [2.75, 3.05) is 0 Å². The summed E-state index contributed by atoms with van der Waals surface area (Å²) in [5.41, 5.74) is 1.69. The van der Waals surface area contributed by atoms with Crippen LogP contribution in [0.4, 0.5) is 5.69 Å². The summed E-state index contributed by atoms with van der Waals surface area (Å²) in [4.78, 5) is 10.5. The smallest absolute Gasteiger partial charge is 0.270 e. The predicted molar refractivity (Wildman–Crippen MR) is 113 cm³/mol. The highest BCUT2D eigenvalue weighted by Gasteiger charge is 2.30. The van der Waals surface area contributed by atoms with Crippen LogP contribution in [0.2, 0.25) is 0 Å². The van der Waals surface area contributed by atoms with E-state index in [1.165, 1.54) is 29.5 Å². The Morgan fingerprint density at radius 1 is 1.06 bits per heavy atom. The SMILES string of the molecule is O=[N+]([O-])c1cccc(-c2nnc(CSc3nnc(C4CC4)n3Cc3ccccc3)o2)c1. The molecule has 1 aliphatic rings. The van der Waals surface area contributed by atoms with Gasteiger partial charge in [0.2, 0.25) is 11.8 Å². The van der Waals surface area contributed by atoms with Crippen LogP contribution in [0.15, 0.2) is 64.2 Å². The molecule has 31 heavy (non-hydrogen) atoms. The second-order valence-electron chi connectivity index (χ2n) is 7.28. The van der Waals surface area contributed by atoms with Crippen LogP contribution in [-0.2, 0) is 12.3 Å². The summed E-state index contributed by atoms with van der Waals surface area (Å²) in [7, 11) is 0. The van der Waals surface area contributed by atoms with E-state index in [4.69, 9.17) is 4.42 Å². The number of hydrogen-bond donors (Lipinski definition) is 0. The molecule has 0 bridgehead atoms. The van der Waals surface area contributed by atoms with Gasteiger partial charge in [-0.25, -0.2) is 0 Å². The molecule has 0 spiro atoms. The number of rotatable bonds is 8. The summed E-state index contributed by atoms with van der Waals surface area (Å²) >= 11 is 1.49. The largest absolute Gasteiger partial charge is 0.420 e. The number of nitro groups is 1. The molecule has 0 unspecified atom stereocenters. The van der Waals surface area contributed by atoms with Gasteiger partial charge in [0.1, 0.15) is 5.82 Å². The molecule has 0 atom stereocenters. The van der Waals surface area contributed by atoms with Gasteiger partial charge in [-0.2, -0.15) is 0 Å². The van der Waals surface area contributed by atoms with Crippen LogP contribution in [0.25, 0.3) is 11.5 Å². The second kappa shape index (κ2) is 8.31. The van der Waals surface area contributed by atoms with Gasteiger partial charge >= 0.3 is 0 Å². The fraction of sp³-hybridized carbons (Fsp3) is 0.238. The maximum absolute atomic E-state index is 11.0. The van der Waals surface area contributed by atoms with Gasteiger partial charge in [-0.05, 0) is 24.5 Å². The van der Waals surface area contributed by atoms with Gasteiger partial charge in [0, 0.05) is 23.6 Å². The molecule has 156 valence electrons. The first kappa shape index (κ1) is 19.4. The maximum Gasteiger partial charge on any atom is 0.270 e. The highest BCUT2D eigenvalue weighted by Crippen LogP contribution is 2.40. The highest BCUT2D eigenvalue weighted by atomic mass is 32.2. The Hall–Kier alpha value is -3.53. The zero-order valence-electron chi connectivity index (χ0n) is 16.4. The molecule has 9 nitrogen and oxygen atoms in total. The minimum atomic E-state index is -0.451. The molecule has 0 radical (unpaired) electrons. The lowest BCUT2D eigenvalue weighted by Gasteiger charge is -2.09. The van der Waals surface area contributed by atoms with Crippen molar-refractivity contribution < 1.29 is 9.34 Å². The average Bonchev–Trinajstić information content (AvgIpc) is 3.39. The van der Waals surface area contributed by atoms with Gasteiger partial charge < -0.3 is 8.98 Å². The van der Waals surface area contributed by atoms with E-state index in [0.717, 1.165) is 23.8 Å². The molecule has 0 N–H and O–H groups in total. The van der Waals surface area contributed by atoms with Crippen LogP contribution >= 0.6 is 11.8 Å². The molecule has 2 aromatic heterocycles. The van der Waals surface area contributed by atoms with E-state index < -0.39 is 4.92 Å². The van der Waals surface area contributed by atoms with Crippen LogP contribution in [0.5, 0.6) is 0 Å². The quantitative estimate of drug-likeness (QED) is 0.227. The molecule has 10 heteroatoms. The maximum atomic E-state index is 11.0.